The van der Waals surface area contributed by atoms with Crippen LogP contribution in [0.25, 0.3) is 4.96 Å². The highest BCUT2D eigenvalue weighted by Gasteiger charge is 2.34. The Balaban J connectivity index is 1.47. The summed E-state index contributed by atoms with van der Waals surface area (Å²) in [6.07, 6.45) is 1.50. The zero-order valence-electron chi connectivity index (χ0n) is 16.7. The van der Waals surface area contributed by atoms with Gasteiger partial charge in [0.25, 0.3) is 5.91 Å². The summed E-state index contributed by atoms with van der Waals surface area (Å²) < 4.78 is 6.73. The van der Waals surface area contributed by atoms with E-state index in [1.165, 1.54) is 22.1 Å². The topological polar surface area (TPSA) is 87.1 Å². The number of rotatable bonds is 4. The molecule has 160 valence electrons. The Hall–Kier alpha value is -2.88. The van der Waals surface area contributed by atoms with Crippen LogP contribution in [0.3, 0.4) is 0 Å². The minimum atomic E-state index is -0.275. The Morgan fingerprint density at radius 2 is 1.97 bits per heavy atom. The van der Waals surface area contributed by atoms with Gasteiger partial charge in [-0.3, -0.25) is 9.69 Å². The van der Waals surface area contributed by atoms with Crippen molar-refractivity contribution in [1.82, 2.24) is 24.4 Å². The van der Waals surface area contributed by atoms with Gasteiger partial charge in [-0.15, -0.1) is 5.10 Å². The first-order valence-corrected chi connectivity index (χ1v) is 11.1. The summed E-state index contributed by atoms with van der Waals surface area (Å²) >= 11 is 7.96. The van der Waals surface area contributed by atoms with Gasteiger partial charge in [0.1, 0.15) is 5.82 Å². The third kappa shape index (κ3) is 3.58. The van der Waals surface area contributed by atoms with Crippen LogP contribution in [0, 0.1) is 6.92 Å². The van der Waals surface area contributed by atoms with Gasteiger partial charge >= 0.3 is 0 Å². The van der Waals surface area contributed by atoms with E-state index < -0.39 is 0 Å². The highest BCUT2D eigenvalue weighted by atomic mass is 35.5. The van der Waals surface area contributed by atoms with Crippen LogP contribution in [0.1, 0.15) is 32.9 Å². The highest BCUT2D eigenvalue weighted by molar-refractivity contribution is 7.17. The number of carbonyl (C=O) groups excluding carboxylic acids is 1. The molecule has 8 nitrogen and oxygen atoms in total. The molecular weight excluding hydrogens is 438 g/mol. The molecule has 0 saturated carbocycles. The number of fused-ring (bicyclic) bond motifs is 1. The number of hydrogen-bond donors (Lipinski definition) is 1. The van der Waals surface area contributed by atoms with Gasteiger partial charge in [-0.1, -0.05) is 41.1 Å². The highest BCUT2D eigenvalue weighted by Crippen LogP contribution is 2.42. The number of hydrogen-bond acceptors (Lipinski definition) is 7. The number of aryl methyl sites for hydroxylation is 1. The monoisotopic (exact) mass is 457 g/mol. The predicted molar refractivity (Wildman–Crippen MR) is 117 cm³/mol. The third-order valence-electron chi connectivity index (χ3n) is 5.45. The van der Waals surface area contributed by atoms with E-state index in [1.54, 1.807) is 24.0 Å². The van der Waals surface area contributed by atoms with E-state index in [9.17, 15) is 9.90 Å². The van der Waals surface area contributed by atoms with Crippen molar-refractivity contribution in [1.29, 1.82) is 0 Å². The van der Waals surface area contributed by atoms with Crippen molar-refractivity contribution < 1.29 is 14.3 Å². The van der Waals surface area contributed by atoms with Crippen LogP contribution in [0.5, 0.6) is 5.88 Å². The largest absolute Gasteiger partial charge is 0.492 e. The van der Waals surface area contributed by atoms with E-state index in [2.05, 4.69) is 15.0 Å². The van der Waals surface area contributed by atoms with Gasteiger partial charge < -0.3 is 14.4 Å². The molecule has 1 aromatic carbocycles. The summed E-state index contributed by atoms with van der Waals surface area (Å²) in [7, 11) is 0. The predicted octanol–water partition coefficient (Wildman–Crippen LogP) is 3.60. The van der Waals surface area contributed by atoms with Crippen LogP contribution in [0.15, 0.2) is 47.1 Å². The second-order valence-electron chi connectivity index (χ2n) is 7.37. The minimum Gasteiger partial charge on any atom is -0.492 e. The van der Waals surface area contributed by atoms with E-state index in [0.29, 0.717) is 47.7 Å². The van der Waals surface area contributed by atoms with E-state index in [0.717, 1.165) is 10.4 Å². The Morgan fingerprint density at radius 3 is 2.65 bits per heavy atom. The van der Waals surface area contributed by atoms with Crippen molar-refractivity contribution in [2.45, 2.75) is 13.0 Å². The summed E-state index contributed by atoms with van der Waals surface area (Å²) in [6.45, 7) is 4.12. The van der Waals surface area contributed by atoms with Gasteiger partial charge in [-0.2, -0.15) is 4.52 Å². The molecule has 1 fully saturated rings. The first-order chi connectivity index (χ1) is 15.0. The van der Waals surface area contributed by atoms with Crippen LogP contribution < -0.4 is 0 Å². The number of halogens is 1. The lowest BCUT2D eigenvalue weighted by Gasteiger charge is -2.39. The standard InChI is InChI=1S/C21H20ClN5O3S/c1-13-23-21-27(24-13)20(29)18(31-21)17(14-5-2-3-6-15(14)22)25-8-10-26(11-9-25)19(28)16-7-4-12-30-16/h2-7,12,17,29H,8-11H2,1H3/t17-/m1/s1. The first kappa shape index (κ1) is 20.0. The van der Waals surface area contributed by atoms with E-state index in [4.69, 9.17) is 16.0 Å². The molecule has 31 heavy (non-hydrogen) atoms. The van der Waals surface area contributed by atoms with Gasteiger partial charge in [0.2, 0.25) is 10.8 Å². The summed E-state index contributed by atoms with van der Waals surface area (Å²) in [5.74, 6) is 0.901. The number of amides is 1. The number of thiazole rings is 1. The minimum absolute atomic E-state index is 0.0691. The molecule has 10 heteroatoms. The van der Waals surface area contributed by atoms with Crippen LogP contribution >= 0.6 is 22.9 Å². The zero-order chi connectivity index (χ0) is 21.5. The molecule has 1 saturated heterocycles. The van der Waals surface area contributed by atoms with E-state index >= 15 is 0 Å². The molecule has 5 rings (SSSR count). The third-order valence-corrected chi connectivity index (χ3v) is 6.87. The van der Waals surface area contributed by atoms with Gasteiger partial charge in [0.05, 0.1) is 17.2 Å². The van der Waals surface area contributed by atoms with Gasteiger partial charge in [0.15, 0.2) is 5.76 Å². The van der Waals surface area contributed by atoms with Crippen LogP contribution in [-0.4, -0.2) is 61.6 Å². The van der Waals surface area contributed by atoms with Crippen molar-refractivity contribution in [2.24, 2.45) is 0 Å². The Bertz CT molecular complexity index is 1230. The Labute approximate surface area is 187 Å². The molecule has 0 spiro atoms. The second kappa shape index (κ2) is 7.99. The lowest BCUT2D eigenvalue weighted by molar-refractivity contribution is 0.0568. The van der Waals surface area contributed by atoms with Crippen LogP contribution in [0.2, 0.25) is 5.02 Å². The maximum atomic E-state index is 12.6. The number of nitrogens with zero attached hydrogens (tertiary/aromatic N) is 5. The maximum Gasteiger partial charge on any atom is 0.289 e. The summed E-state index contributed by atoms with van der Waals surface area (Å²) in [6, 6.07) is 10.7. The number of carbonyl (C=O) groups is 1. The van der Waals surface area contributed by atoms with Crippen molar-refractivity contribution in [3.05, 3.63) is 69.7 Å². The zero-order valence-corrected chi connectivity index (χ0v) is 18.3. The Morgan fingerprint density at radius 1 is 1.19 bits per heavy atom. The molecule has 0 radical (unpaired) electrons. The number of aromatic nitrogens is 3. The molecule has 0 bridgehead atoms. The molecule has 4 aromatic rings. The molecule has 4 heterocycles. The number of piperazine rings is 1. The number of furan rings is 1. The SMILES string of the molecule is Cc1nc2sc([C@@H](c3ccccc3Cl)N3CCN(C(=O)c4ccco4)CC3)c(O)n2n1. The van der Waals surface area contributed by atoms with Gasteiger partial charge in [0, 0.05) is 31.2 Å². The van der Waals surface area contributed by atoms with Gasteiger partial charge in [-0.25, -0.2) is 4.98 Å². The normalized spacial score (nSPS) is 16.1. The quantitative estimate of drug-likeness (QED) is 0.504. The smallest absolute Gasteiger partial charge is 0.289 e. The fourth-order valence-electron chi connectivity index (χ4n) is 3.97. The first-order valence-electron chi connectivity index (χ1n) is 9.89. The molecule has 0 unspecified atom stereocenters. The molecule has 1 N–H and O–H groups in total. The number of aromatic hydroxyl groups is 1. The molecular formula is C21H20ClN5O3S. The van der Waals surface area contributed by atoms with Crippen molar-refractivity contribution in [3.63, 3.8) is 0 Å². The lowest BCUT2D eigenvalue weighted by Crippen LogP contribution is -2.49. The average molecular weight is 458 g/mol. The lowest BCUT2D eigenvalue weighted by atomic mass is 10.0. The van der Waals surface area contributed by atoms with E-state index in [1.807, 2.05) is 24.3 Å². The van der Waals surface area contributed by atoms with Crippen LogP contribution in [0.4, 0.5) is 0 Å². The summed E-state index contributed by atoms with van der Waals surface area (Å²) in [5, 5.41) is 15.9. The molecule has 0 aliphatic carbocycles. The second-order valence-corrected chi connectivity index (χ2v) is 8.79. The molecule has 1 aliphatic heterocycles. The van der Waals surface area contributed by atoms with Crippen molar-refractivity contribution in [2.75, 3.05) is 26.2 Å². The summed E-state index contributed by atoms with van der Waals surface area (Å²) in [5.41, 5.74) is 0.895. The van der Waals surface area contributed by atoms with E-state index in [-0.39, 0.29) is 17.8 Å². The molecule has 1 aliphatic rings. The van der Waals surface area contributed by atoms with Crippen molar-refractivity contribution in [3.8, 4) is 5.88 Å². The number of benzene rings is 1. The average Bonchev–Trinajstić information content (AvgIpc) is 3.49. The fourth-order valence-corrected chi connectivity index (χ4v) is 5.36. The van der Waals surface area contributed by atoms with Crippen molar-refractivity contribution >= 4 is 33.8 Å². The summed E-state index contributed by atoms with van der Waals surface area (Å²) in [4.78, 5) is 22.4. The van der Waals surface area contributed by atoms with Crippen LogP contribution in [-0.2, 0) is 0 Å². The van der Waals surface area contributed by atoms with Gasteiger partial charge in [-0.05, 0) is 30.7 Å². The molecule has 1 amide bonds. The maximum absolute atomic E-state index is 12.6. The molecule has 1 atom stereocenters. The molecule has 3 aromatic heterocycles. The fraction of sp³-hybridized carbons (Fsp3) is 0.286. The Kier molecular flexibility index (Phi) is 5.17.